The average Bonchev–Trinajstić information content (AvgIpc) is 2.48. The van der Waals surface area contributed by atoms with Crippen LogP contribution in [0.15, 0.2) is 12.4 Å². The van der Waals surface area contributed by atoms with Crippen LogP contribution < -0.4 is 5.32 Å². The lowest BCUT2D eigenvalue weighted by Gasteiger charge is -2.12. The highest BCUT2D eigenvalue weighted by Crippen LogP contribution is 2.04. The molecular formula is C7H12N4O. The van der Waals surface area contributed by atoms with Crippen LogP contribution in [-0.2, 0) is 4.74 Å². The molecule has 0 aliphatic carbocycles. The molecule has 1 unspecified atom stereocenters. The van der Waals surface area contributed by atoms with Crippen LogP contribution >= 0.6 is 0 Å². The van der Waals surface area contributed by atoms with Gasteiger partial charge in [-0.1, -0.05) is 5.21 Å². The maximum Gasteiger partial charge on any atom is 0.0894 e. The molecule has 0 bridgehead atoms. The standard InChI is InChI=1S/C7H12N4O/c1-3-11(10-9-1)7-5-8-2-4-12-6-7/h1,3,7-8H,2,4-6H2. The quantitative estimate of drug-likeness (QED) is 0.610. The zero-order valence-electron chi connectivity index (χ0n) is 6.81. The Bertz CT molecular complexity index is 215. The first kappa shape index (κ1) is 7.70. The molecule has 1 aliphatic rings. The fourth-order valence-electron chi connectivity index (χ4n) is 1.27. The Balaban J connectivity index is 2.02. The molecule has 0 spiro atoms. The smallest absolute Gasteiger partial charge is 0.0894 e. The minimum Gasteiger partial charge on any atom is -0.378 e. The number of hydrogen-bond donors (Lipinski definition) is 1. The van der Waals surface area contributed by atoms with Gasteiger partial charge in [0, 0.05) is 19.3 Å². The molecule has 0 radical (unpaired) electrons. The van der Waals surface area contributed by atoms with Gasteiger partial charge < -0.3 is 10.1 Å². The third kappa shape index (κ3) is 1.62. The molecule has 5 heteroatoms. The van der Waals surface area contributed by atoms with Gasteiger partial charge in [0.25, 0.3) is 0 Å². The fraction of sp³-hybridized carbons (Fsp3) is 0.714. The summed E-state index contributed by atoms with van der Waals surface area (Å²) in [6.07, 6.45) is 3.55. The van der Waals surface area contributed by atoms with E-state index in [1.54, 1.807) is 6.20 Å². The van der Waals surface area contributed by atoms with Crippen LogP contribution in [0.3, 0.4) is 0 Å². The summed E-state index contributed by atoms with van der Waals surface area (Å²) in [6, 6.07) is 0.287. The van der Waals surface area contributed by atoms with E-state index in [-0.39, 0.29) is 6.04 Å². The Kier molecular flexibility index (Phi) is 2.33. The monoisotopic (exact) mass is 168 g/mol. The summed E-state index contributed by atoms with van der Waals surface area (Å²) in [5.41, 5.74) is 0. The van der Waals surface area contributed by atoms with Crippen molar-refractivity contribution >= 4 is 0 Å². The fourth-order valence-corrected chi connectivity index (χ4v) is 1.27. The van der Waals surface area contributed by atoms with Crippen molar-refractivity contribution in [2.75, 3.05) is 26.3 Å². The van der Waals surface area contributed by atoms with Gasteiger partial charge >= 0.3 is 0 Å². The molecule has 1 aromatic rings. The average molecular weight is 168 g/mol. The summed E-state index contributed by atoms with van der Waals surface area (Å²) in [6.45, 7) is 3.33. The molecule has 0 saturated carbocycles. The Labute approximate surface area is 70.7 Å². The third-order valence-electron chi connectivity index (χ3n) is 1.93. The molecule has 1 aliphatic heterocycles. The molecule has 5 nitrogen and oxygen atoms in total. The Morgan fingerprint density at radius 1 is 1.58 bits per heavy atom. The van der Waals surface area contributed by atoms with Crippen molar-refractivity contribution in [3.63, 3.8) is 0 Å². The highest BCUT2D eigenvalue weighted by Gasteiger charge is 2.13. The number of ether oxygens (including phenoxy) is 1. The van der Waals surface area contributed by atoms with Crippen LogP contribution in [0.5, 0.6) is 0 Å². The van der Waals surface area contributed by atoms with Crippen molar-refractivity contribution in [3.8, 4) is 0 Å². The zero-order valence-corrected chi connectivity index (χ0v) is 6.81. The van der Waals surface area contributed by atoms with E-state index < -0.39 is 0 Å². The normalized spacial score (nSPS) is 25.2. The van der Waals surface area contributed by atoms with E-state index >= 15 is 0 Å². The summed E-state index contributed by atoms with van der Waals surface area (Å²) >= 11 is 0. The second-order valence-corrected chi connectivity index (χ2v) is 2.82. The summed E-state index contributed by atoms with van der Waals surface area (Å²) in [5, 5.41) is 11.0. The SMILES string of the molecule is c1cn(C2CNCCOC2)nn1. The molecule has 2 heterocycles. The van der Waals surface area contributed by atoms with Crippen molar-refractivity contribution in [1.29, 1.82) is 0 Å². The van der Waals surface area contributed by atoms with Gasteiger partial charge in [0.2, 0.25) is 0 Å². The van der Waals surface area contributed by atoms with Crippen LogP contribution in [0.1, 0.15) is 6.04 Å². The maximum absolute atomic E-state index is 5.38. The number of nitrogens with zero attached hydrogens (tertiary/aromatic N) is 3. The largest absolute Gasteiger partial charge is 0.378 e. The van der Waals surface area contributed by atoms with E-state index in [0.717, 1.165) is 26.3 Å². The van der Waals surface area contributed by atoms with Gasteiger partial charge in [-0.2, -0.15) is 0 Å². The Hall–Kier alpha value is -0.940. The van der Waals surface area contributed by atoms with E-state index in [0.29, 0.717) is 0 Å². The van der Waals surface area contributed by atoms with E-state index in [4.69, 9.17) is 4.74 Å². The lowest BCUT2D eigenvalue weighted by molar-refractivity contribution is 0.121. The molecule has 1 N–H and O–H groups in total. The van der Waals surface area contributed by atoms with Gasteiger partial charge in [0.15, 0.2) is 0 Å². The molecule has 66 valence electrons. The first-order chi connectivity index (χ1) is 5.97. The first-order valence-corrected chi connectivity index (χ1v) is 4.11. The molecule has 1 saturated heterocycles. The van der Waals surface area contributed by atoms with Crippen molar-refractivity contribution < 1.29 is 4.74 Å². The molecule has 1 aromatic heterocycles. The highest BCUT2D eigenvalue weighted by atomic mass is 16.5. The lowest BCUT2D eigenvalue weighted by Crippen LogP contribution is -2.25. The van der Waals surface area contributed by atoms with Gasteiger partial charge in [0.1, 0.15) is 0 Å². The van der Waals surface area contributed by atoms with Crippen LogP contribution in [0.2, 0.25) is 0 Å². The zero-order chi connectivity index (χ0) is 8.23. The van der Waals surface area contributed by atoms with Crippen molar-refractivity contribution in [2.24, 2.45) is 0 Å². The van der Waals surface area contributed by atoms with Gasteiger partial charge in [-0.15, -0.1) is 5.10 Å². The second kappa shape index (κ2) is 3.64. The predicted octanol–water partition coefficient (Wildman–Crippen LogP) is -0.561. The number of nitrogens with one attached hydrogen (secondary N) is 1. The Morgan fingerprint density at radius 2 is 2.58 bits per heavy atom. The molecule has 12 heavy (non-hydrogen) atoms. The first-order valence-electron chi connectivity index (χ1n) is 4.11. The maximum atomic E-state index is 5.38. The molecule has 0 amide bonds. The van der Waals surface area contributed by atoms with Crippen molar-refractivity contribution in [3.05, 3.63) is 12.4 Å². The summed E-state index contributed by atoms with van der Waals surface area (Å²) in [7, 11) is 0. The van der Waals surface area contributed by atoms with Crippen LogP contribution in [0.4, 0.5) is 0 Å². The van der Waals surface area contributed by atoms with E-state index in [9.17, 15) is 0 Å². The van der Waals surface area contributed by atoms with Crippen molar-refractivity contribution in [2.45, 2.75) is 6.04 Å². The van der Waals surface area contributed by atoms with Crippen LogP contribution in [-0.4, -0.2) is 41.3 Å². The summed E-state index contributed by atoms with van der Waals surface area (Å²) in [5.74, 6) is 0. The van der Waals surface area contributed by atoms with Gasteiger partial charge in [-0.05, 0) is 0 Å². The molecule has 2 rings (SSSR count). The molecule has 1 fully saturated rings. The minimum absolute atomic E-state index is 0.287. The second-order valence-electron chi connectivity index (χ2n) is 2.82. The topological polar surface area (TPSA) is 52.0 Å². The molecular weight excluding hydrogens is 156 g/mol. The van der Waals surface area contributed by atoms with E-state index in [1.165, 1.54) is 0 Å². The summed E-state index contributed by atoms with van der Waals surface area (Å²) < 4.78 is 7.21. The van der Waals surface area contributed by atoms with E-state index in [2.05, 4.69) is 15.6 Å². The Morgan fingerprint density at radius 3 is 3.42 bits per heavy atom. The van der Waals surface area contributed by atoms with Crippen molar-refractivity contribution in [1.82, 2.24) is 20.3 Å². The molecule has 1 atom stereocenters. The van der Waals surface area contributed by atoms with Crippen LogP contribution in [0, 0.1) is 0 Å². The number of rotatable bonds is 1. The lowest BCUT2D eigenvalue weighted by atomic mass is 10.3. The number of aromatic nitrogens is 3. The highest BCUT2D eigenvalue weighted by molar-refractivity contribution is 4.75. The van der Waals surface area contributed by atoms with Gasteiger partial charge in [-0.3, -0.25) is 0 Å². The van der Waals surface area contributed by atoms with Crippen LogP contribution in [0.25, 0.3) is 0 Å². The van der Waals surface area contributed by atoms with Gasteiger partial charge in [-0.25, -0.2) is 4.68 Å². The minimum atomic E-state index is 0.287. The van der Waals surface area contributed by atoms with Gasteiger partial charge in [0.05, 0.1) is 25.5 Å². The molecule has 0 aromatic carbocycles. The number of hydrogen-bond acceptors (Lipinski definition) is 4. The predicted molar refractivity (Wildman–Crippen MR) is 42.7 cm³/mol. The van der Waals surface area contributed by atoms with E-state index in [1.807, 2.05) is 10.9 Å². The third-order valence-corrected chi connectivity index (χ3v) is 1.93. The summed E-state index contributed by atoms with van der Waals surface area (Å²) in [4.78, 5) is 0.